The summed E-state index contributed by atoms with van der Waals surface area (Å²) in [6.45, 7) is 5.37. The Hall–Kier alpha value is -1.94. The van der Waals surface area contributed by atoms with Crippen molar-refractivity contribution in [2.24, 2.45) is 11.8 Å². The Bertz CT molecular complexity index is 740. The minimum Gasteiger partial charge on any atom is -0.459 e. The maximum Gasteiger partial charge on any atom is 0.344 e. The highest BCUT2D eigenvalue weighted by Gasteiger charge is 2.71. The Morgan fingerprint density at radius 3 is 2.40 bits per heavy atom. The topological polar surface area (TPSA) is 122 Å². The van der Waals surface area contributed by atoms with Crippen LogP contribution in [-0.4, -0.2) is 56.5 Å². The Morgan fingerprint density at radius 1 is 1.12 bits per heavy atom. The average Bonchev–Trinajstić information content (AvgIpc) is 3.07. The SMILES string of the molecule is C=C(C)C(=O)OCC(=O)OC1C2CC3C(OS(=O)(=O)C31)C2OC(C)=O. The highest BCUT2D eigenvalue weighted by Crippen LogP contribution is 2.56. The standard InChI is InChI=1S/C15H18O9S/c1-6(2)15(18)21-5-10(17)23-13-8-4-9-12(11(8)22-7(3)16)24-25(19,20)14(9)13/h8-9,11-14H,1,4-5H2,2-3H3. The van der Waals surface area contributed by atoms with E-state index in [0.29, 0.717) is 6.42 Å². The molecule has 10 heteroatoms. The van der Waals surface area contributed by atoms with Gasteiger partial charge in [-0.05, 0) is 13.3 Å². The summed E-state index contributed by atoms with van der Waals surface area (Å²) in [5, 5.41) is -0.991. The lowest BCUT2D eigenvalue weighted by molar-refractivity contribution is -0.169. The van der Waals surface area contributed by atoms with E-state index in [1.807, 2.05) is 0 Å². The fourth-order valence-corrected chi connectivity index (χ4v) is 5.83. The molecule has 0 aromatic heterocycles. The van der Waals surface area contributed by atoms with E-state index in [2.05, 4.69) is 6.58 Å². The average molecular weight is 374 g/mol. The predicted octanol–water partition coefficient (Wildman–Crippen LogP) is -0.304. The van der Waals surface area contributed by atoms with E-state index in [1.54, 1.807) is 0 Å². The van der Waals surface area contributed by atoms with E-state index in [-0.39, 0.29) is 5.57 Å². The number of ether oxygens (including phenoxy) is 3. The first kappa shape index (κ1) is 17.9. The monoisotopic (exact) mass is 374 g/mol. The van der Waals surface area contributed by atoms with Gasteiger partial charge in [0, 0.05) is 24.3 Å². The minimum absolute atomic E-state index is 0.122. The summed E-state index contributed by atoms with van der Waals surface area (Å²) in [6, 6.07) is 0. The molecule has 0 radical (unpaired) electrons. The van der Waals surface area contributed by atoms with Crippen LogP contribution in [0.25, 0.3) is 0 Å². The number of carbonyl (C=O) groups excluding carboxylic acids is 3. The number of hydrogen-bond acceptors (Lipinski definition) is 9. The van der Waals surface area contributed by atoms with Crippen molar-refractivity contribution in [1.29, 1.82) is 0 Å². The molecule has 25 heavy (non-hydrogen) atoms. The third-order valence-corrected chi connectivity index (χ3v) is 6.47. The molecule has 1 aliphatic heterocycles. The van der Waals surface area contributed by atoms with Crippen molar-refractivity contribution in [3.8, 4) is 0 Å². The van der Waals surface area contributed by atoms with Crippen LogP contribution in [0.2, 0.25) is 0 Å². The molecule has 6 atom stereocenters. The second kappa shape index (κ2) is 6.10. The normalized spacial score (nSPS) is 36.7. The van der Waals surface area contributed by atoms with Crippen molar-refractivity contribution < 1.29 is 41.2 Å². The quantitative estimate of drug-likeness (QED) is 0.276. The molecule has 2 aliphatic carbocycles. The fourth-order valence-electron chi connectivity index (χ4n) is 3.86. The number of esters is 3. The van der Waals surface area contributed by atoms with Crippen LogP contribution < -0.4 is 0 Å². The molecule has 138 valence electrons. The van der Waals surface area contributed by atoms with Gasteiger partial charge in [0.1, 0.15) is 23.6 Å². The van der Waals surface area contributed by atoms with Crippen molar-refractivity contribution in [2.75, 3.05) is 6.61 Å². The van der Waals surface area contributed by atoms with Gasteiger partial charge in [-0.2, -0.15) is 8.42 Å². The zero-order chi connectivity index (χ0) is 18.5. The first-order chi connectivity index (χ1) is 11.6. The van der Waals surface area contributed by atoms with Gasteiger partial charge in [-0.15, -0.1) is 0 Å². The third-order valence-electron chi connectivity index (χ3n) is 4.70. The summed E-state index contributed by atoms with van der Waals surface area (Å²) < 4.78 is 44.7. The Kier molecular flexibility index (Phi) is 4.36. The van der Waals surface area contributed by atoms with Gasteiger partial charge in [-0.25, -0.2) is 9.59 Å². The first-order valence-corrected chi connectivity index (χ1v) is 9.20. The zero-order valence-electron chi connectivity index (χ0n) is 13.7. The van der Waals surface area contributed by atoms with Crippen molar-refractivity contribution in [3.63, 3.8) is 0 Å². The van der Waals surface area contributed by atoms with Crippen molar-refractivity contribution in [3.05, 3.63) is 12.2 Å². The second-order valence-electron chi connectivity index (χ2n) is 6.47. The lowest BCUT2D eigenvalue weighted by Gasteiger charge is -2.30. The largest absolute Gasteiger partial charge is 0.459 e. The highest BCUT2D eigenvalue weighted by molar-refractivity contribution is 7.87. The number of hydrogen-bond donors (Lipinski definition) is 0. The molecule has 0 N–H and O–H groups in total. The summed E-state index contributed by atoms with van der Waals surface area (Å²) in [6.07, 6.45) is -2.11. The Balaban J connectivity index is 1.72. The second-order valence-corrected chi connectivity index (χ2v) is 8.19. The van der Waals surface area contributed by atoms with Crippen LogP contribution in [0.5, 0.6) is 0 Å². The zero-order valence-corrected chi connectivity index (χ0v) is 14.5. The minimum atomic E-state index is -3.93. The summed E-state index contributed by atoms with van der Waals surface area (Å²) in [7, 11) is -3.93. The maximum absolute atomic E-state index is 12.2. The van der Waals surface area contributed by atoms with Crippen LogP contribution >= 0.6 is 0 Å². The van der Waals surface area contributed by atoms with E-state index in [0.717, 1.165) is 0 Å². The van der Waals surface area contributed by atoms with Crippen LogP contribution in [0.3, 0.4) is 0 Å². The van der Waals surface area contributed by atoms with E-state index in [4.69, 9.17) is 18.4 Å². The van der Waals surface area contributed by atoms with Gasteiger partial charge in [-0.3, -0.25) is 8.98 Å². The molecule has 1 saturated heterocycles. The Labute approximate surface area is 144 Å². The third kappa shape index (κ3) is 3.04. The van der Waals surface area contributed by atoms with Gasteiger partial charge < -0.3 is 14.2 Å². The molecule has 9 nitrogen and oxygen atoms in total. The maximum atomic E-state index is 12.2. The predicted molar refractivity (Wildman–Crippen MR) is 80.4 cm³/mol. The van der Waals surface area contributed by atoms with Crippen LogP contribution in [-0.2, 0) is 42.9 Å². The van der Waals surface area contributed by atoms with E-state index in [9.17, 15) is 22.8 Å². The van der Waals surface area contributed by atoms with Crippen LogP contribution in [0, 0.1) is 11.8 Å². The molecule has 3 fully saturated rings. The molecule has 0 amide bonds. The van der Waals surface area contributed by atoms with Gasteiger partial charge in [0.25, 0.3) is 10.1 Å². The van der Waals surface area contributed by atoms with Crippen LogP contribution in [0.1, 0.15) is 20.3 Å². The molecule has 0 aromatic rings. The van der Waals surface area contributed by atoms with Crippen molar-refractivity contribution in [1.82, 2.24) is 0 Å². The van der Waals surface area contributed by atoms with Crippen LogP contribution in [0.15, 0.2) is 12.2 Å². The first-order valence-electron chi connectivity index (χ1n) is 7.73. The van der Waals surface area contributed by atoms with Gasteiger partial charge in [0.2, 0.25) is 0 Å². The molecule has 6 unspecified atom stereocenters. The lowest BCUT2D eigenvalue weighted by Crippen LogP contribution is -2.47. The van der Waals surface area contributed by atoms with E-state index >= 15 is 0 Å². The summed E-state index contributed by atoms with van der Waals surface area (Å²) >= 11 is 0. The molecule has 0 spiro atoms. The molecule has 1 heterocycles. The fraction of sp³-hybridized carbons (Fsp3) is 0.667. The van der Waals surface area contributed by atoms with Gasteiger partial charge in [-0.1, -0.05) is 6.58 Å². The van der Waals surface area contributed by atoms with E-state index in [1.165, 1.54) is 13.8 Å². The smallest absolute Gasteiger partial charge is 0.344 e. The molecular weight excluding hydrogens is 356 g/mol. The van der Waals surface area contributed by atoms with Gasteiger partial charge in [0.15, 0.2) is 6.61 Å². The highest BCUT2D eigenvalue weighted by atomic mass is 32.2. The molecular formula is C15H18O9S. The Morgan fingerprint density at radius 2 is 1.80 bits per heavy atom. The molecule has 3 rings (SSSR count). The summed E-state index contributed by atoms with van der Waals surface area (Å²) in [5.41, 5.74) is 0.122. The number of fused-ring (bicyclic) bond motifs is 1. The van der Waals surface area contributed by atoms with Crippen LogP contribution in [0.4, 0.5) is 0 Å². The van der Waals surface area contributed by atoms with E-state index < -0.39 is 70.0 Å². The van der Waals surface area contributed by atoms with Crippen molar-refractivity contribution in [2.45, 2.75) is 43.8 Å². The molecule has 2 bridgehead atoms. The molecule has 3 aliphatic rings. The van der Waals surface area contributed by atoms with Gasteiger partial charge >= 0.3 is 17.9 Å². The number of rotatable bonds is 5. The molecule has 2 saturated carbocycles. The lowest BCUT2D eigenvalue weighted by atomic mass is 9.91. The van der Waals surface area contributed by atoms with Gasteiger partial charge in [0.05, 0.1) is 0 Å². The summed E-state index contributed by atoms with van der Waals surface area (Å²) in [4.78, 5) is 34.5. The molecule has 0 aromatic carbocycles. The summed E-state index contributed by atoms with van der Waals surface area (Å²) in [5.74, 6) is -3.06. The van der Waals surface area contributed by atoms with Crippen molar-refractivity contribution >= 4 is 28.0 Å². The number of carbonyl (C=O) groups is 3.